The van der Waals surface area contributed by atoms with Crippen molar-refractivity contribution in [3.8, 4) is 0 Å². The largest absolute Gasteiger partial charge is 0.480 e. The van der Waals surface area contributed by atoms with Crippen LogP contribution in [-0.2, 0) is 25.7 Å². The first-order valence-corrected chi connectivity index (χ1v) is 13.2. The molecule has 0 spiro atoms. The Balaban J connectivity index is 1.15. The minimum absolute atomic E-state index is 0.00821. The zero-order valence-electron chi connectivity index (χ0n) is 21.4. The number of benzene rings is 1. The van der Waals surface area contributed by atoms with Gasteiger partial charge in [0.2, 0.25) is 11.8 Å². The average Bonchev–Trinajstić information content (AvgIpc) is 3.49. The van der Waals surface area contributed by atoms with Gasteiger partial charge < -0.3 is 35.6 Å². The lowest BCUT2D eigenvalue weighted by Gasteiger charge is -2.37. The Morgan fingerprint density at radius 3 is 2.34 bits per heavy atom. The molecule has 4 rings (SSSR count). The summed E-state index contributed by atoms with van der Waals surface area (Å²) in [5.74, 6) is -0.791. The van der Waals surface area contributed by atoms with Crippen molar-refractivity contribution in [2.75, 3.05) is 45.8 Å². The van der Waals surface area contributed by atoms with Gasteiger partial charge in [-0.05, 0) is 31.2 Å². The molecular formula is C26H36N6O6. The Labute approximate surface area is 221 Å². The van der Waals surface area contributed by atoms with Crippen LogP contribution < -0.4 is 16.0 Å². The van der Waals surface area contributed by atoms with E-state index < -0.39 is 18.1 Å². The summed E-state index contributed by atoms with van der Waals surface area (Å²) in [4.78, 5) is 57.8. The highest BCUT2D eigenvalue weighted by Crippen LogP contribution is 2.24. The van der Waals surface area contributed by atoms with Gasteiger partial charge in [0.05, 0.1) is 6.54 Å². The highest BCUT2D eigenvalue weighted by atomic mass is 16.5. The molecule has 3 aliphatic heterocycles. The number of carbonyl (C=O) groups excluding carboxylic acids is 3. The summed E-state index contributed by atoms with van der Waals surface area (Å²) in [6.45, 7) is 4.02. The third-order valence-electron chi connectivity index (χ3n) is 7.26. The number of rotatable bonds is 8. The molecule has 12 nitrogen and oxygen atoms in total. The van der Waals surface area contributed by atoms with E-state index in [1.165, 1.54) is 0 Å². The van der Waals surface area contributed by atoms with Crippen LogP contribution in [0.15, 0.2) is 35.3 Å². The van der Waals surface area contributed by atoms with E-state index in [2.05, 4.69) is 25.8 Å². The van der Waals surface area contributed by atoms with Gasteiger partial charge in [0.25, 0.3) is 0 Å². The lowest BCUT2D eigenvalue weighted by atomic mass is 9.91. The average molecular weight is 529 g/mol. The monoisotopic (exact) mass is 528 g/mol. The molecule has 3 heterocycles. The van der Waals surface area contributed by atoms with Crippen LogP contribution in [-0.4, -0.2) is 96.6 Å². The Morgan fingerprint density at radius 2 is 1.71 bits per heavy atom. The first-order chi connectivity index (χ1) is 18.4. The topological polar surface area (TPSA) is 153 Å². The number of carboxylic acid groups (broad SMARTS) is 1. The third-order valence-corrected chi connectivity index (χ3v) is 7.26. The van der Waals surface area contributed by atoms with Crippen LogP contribution in [0.25, 0.3) is 0 Å². The molecule has 1 aromatic carbocycles. The second-order valence-corrected chi connectivity index (χ2v) is 9.84. The zero-order chi connectivity index (χ0) is 26.9. The number of ether oxygens (including phenoxy) is 1. The van der Waals surface area contributed by atoms with Gasteiger partial charge in [-0.1, -0.05) is 30.3 Å². The SMILES string of the molecule is O=C(N[C@@H](CNC(=O)C1CCN(C(=O)C2CCN(C3=NCCN3)CC2)CC1)C(=O)O)OCc1ccccc1. The van der Waals surface area contributed by atoms with Gasteiger partial charge in [0.15, 0.2) is 5.96 Å². The number of hydrogen-bond donors (Lipinski definition) is 4. The van der Waals surface area contributed by atoms with E-state index in [4.69, 9.17) is 4.74 Å². The molecule has 12 heteroatoms. The predicted molar refractivity (Wildman–Crippen MR) is 138 cm³/mol. The summed E-state index contributed by atoms with van der Waals surface area (Å²) in [6.07, 6.45) is 1.73. The Bertz CT molecular complexity index is 1020. The van der Waals surface area contributed by atoms with Crippen LogP contribution in [0.4, 0.5) is 4.79 Å². The number of guanidine groups is 1. The number of nitrogens with zero attached hydrogens (tertiary/aromatic N) is 3. The molecule has 206 valence electrons. The fourth-order valence-electron chi connectivity index (χ4n) is 5.01. The molecule has 3 amide bonds. The van der Waals surface area contributed by atoms with Crippen molar-refractivity contribution >= 4 is 29.8 Å². The van der Waals surface area contributed by atoms with E-state index in [0.29, 0.717) is 25.9 Å². The summed E-state index contributed by atoms with van der Waals surface area (Å²) < 4.78 is 5.07. The third kappa shape index (κ3) is 7.36. The van der Waals surface area contributed by atoms with Crippen molar-refractivity contribution in [2.45, 2.75) is 38.3 Å². The molecule has 0 aliphatic carbocycles. The van der Waals surface area contributed by atoms with Crippen LogP contribution in [0, 0.1) is 11.8 Å². The Morgan fingerprint density at radius 1 is 1.03 bits per heavy atom. The van der Waals surface area contributed by atoms with Gasteiger partial charge in [-0.25, -0.2) is 9.59 Å². The van der Waals surface area contributed by atoms with Crippen molar-refractivity contribution in [3.05, 3.63) is 35.9 Å². The lowest BCUT2D eigenvalue weighted by Crippen LogP contribution is -2.51. The molecule has 2 fully saturated rings. The van der Waals surface area contributed by atoms with Gasteiger partial charge in [0.1, 0.15) is 12.6 Å². The highest BCUT2D eigenvalue weighted by Gasteiger charge is 2.34. The van der Waals surface area contributed by atoms with E-state index in [-0.39, 0.29) is 36.8 Å². The molecule has 1 atom stereocenters. The van der Waals surface area contributed by atoms with Crippen molar-refractivity contribution in [3.63, 3.8) is 0 Å². The number of nitrogens with one attached hydrogen (secondary N) is 3. The summed E-state index contributed by atoms with van der Waals surface area (Å²) in [5, 5.41) is 17.6. The Kier molecular flexibility index (Phi) is 9.39. The second kappa shape index (κ2) is 13.1. The Hall–Kier alpha value is -3.83. The van der Waals surface area contributed by atoms with Gasteiger partial charge in [0, 0.05) is 51.1 Å². The quantitative estimate of drug-likeness (QED) is 0.378. The van der Waals surface area contributed by atoms with Gasteiger partial charge >= 0.3 is 12.1 Å². The number of carbonyl (C=O) groups is 4. The number of aliphatic carboxylic acids is 1. The number of aliphatic imine (C=N–C) groups is 1. The predicted octanol–water partition coefficient (Wildman–Crippen LogP) is 0.392. The first kappa shape index (κ1) is 27.2. The molecular weight excluding hydrogens is 492 g/mol. The van der Waals surface area contributed by atoms with Crippen LogP contribution >= 0.6 is 0 Å². The maximum atomic E-state index is 13.0. The smallest absolute Gasteiger partial charge is 0.408 e. The molecule has 38 heavy (non-hydrogen) atoms. The summed E-state index contributed by atoms with van der Waals surface area (Å²) in [6, 6.07) is 7.70. The molecule has 1 aromatic rings. The standard InChI is InChI=1S/C26H36N6O6/c33-22(29-16-21(24(35)36)30-26(37)38-17-18-4-2-1-3-5-18)19-6-12-31(13-7-19)23(34)20-8-14-32(15-9-20)25-27-10-11-28-25/h1-5,19-21H,6-17H2,(H,27,28)(H,29,33)(H,30,37)(H,35,36)/t21-/m0/s1. The lowest BCUT2D eigenvalue weighted by molar-refractivity contribution is -0.141. The van der Waals surface area contributed by atoms with E-state index in [9.17, 15) is 24.3 Å². The van der Waals surface area contributed by atoms with Crippen molar-refractivity contribution < 1.29 is 29.0 Å². The molecule has 0 unspecified atom stereocenters. The van der Waals surface area contributed by atoms with Crippen LogP contribution in [0.5, 0.6) is 0 Å². The maximum Gasteiger partial charge on any atom is 0.408 e. The minimum Gasteiger partial charge on any atom is -0.480 e. The zero-order valence-corrected chi connectivity index (χ0v) is 21.4. The minimum atomic E-state index is -1.32. The van der Waals surface area contributed by atoms with Crippen LogP contribution in [0.2, 0.25) is 0 Å². The maximum absolute atomic E-state index is 13.0. The number of amides is 3. The van der Waals surface area contributed by atoms with E-state index in [1.54, 1.807) is 24.3 Å². The van der Waals surface area contributed by atoms with Gasteiger partial charge in [-0.3, -0.25) is 14.6 Å². The van der Waals surface area contributed by atoms with Crippen molar-refractivity contribution in [1.29, 1.82) is 0 Å². The van der Waals surface area contributed by atoms with Crippen molar-refractivity contribution in [2.24, 2.45) is 16.8 Å². The fraction of sp³-hybridized carbons (Fsp3) is 0.577. The first-order valence-electron chi connectivity index (χ1n) is 13.2. The van der Waals surface area contributed by atoms with Gasteiger partial charge in [-0.2, -0.15) is 0 Å². The second-order valence-electron chi connectivity index (χ2n) is 9.84. The normalized spacial score (nSPS) is 19.2. The van der Waals surface area contributed by atoms with Gasteiger partial charge in [-0.15, -0.1) is 0 Å². The molecule has 2 saturated heterocycles. The van der Waals surface area contributed by atoms with E-state index in [1.807, 2.05) is 11.0 Å². The molecule has 0 bridgehead atoms. The number of piperidine rings is 2. The fourth-order valence-corrected chi connectivity index (χ4v) is 5.01. The molecule has 0 aromatic heterocycles. The molecule has 4 N–H and O–H groups in total. The summed E-state index contributed by atoms with van der Waals surface area (Å²) in [5.41, 5.74) is 0.773. The number of likely N-dealkylation sites (tertiary alicyclic amines) is 2. The number of hydrogen-bond acceptors (Lipinski definition) is 8. The van der Waals surface area contributed by atoms with E-state index >= 15 is 0 Å². The molecule has 3 aliphatic rings. The molecule has 0 saturated carbocycles. The van der Waals surface area contributed by atoms with E-state index in [0.717, 1.165) is 50.5 Å². The number of carboxylic acids is 1. The van der Waals surface area contributed by atoms with Crippen LogP contribution in [0.1, 0.15) is 31.2 Å². The summed E-state index contributed by atoms with van der Waals surface area (Å²) in [7, 11) is 0. The van der Waals surface area contributed by atoms with Crippen LogP contribution in [0.3, 0.4) is 0 Å². The highest BCUT2D eigenvalue weighted by molar-refractivity contribution is 5.84. The summed E-state index contributed by atoms with van der Waals surface area (Å²) >= 11 is 0. The number of alkyl carbamates (subject to hydrolysis) is 1. The molecule has 0 radical (unpaired) electrons. The van der Waals surface area contributed by atoms with Crippen molar-refractivity contribution in [1.82, 2.24) is 25.8 Å².